The van der Waals surface area contributed by atoms with Crippen LogP contribution in [0.5, 0.6) is 0 Å². The molecule has 0 aromatic carbocycles. The summed E-state index contributed by atoms with van der Waals surface area (Å²) in [5, 5.41) is 20.5. The van der Waals surface area contributed by atoms with Crippen LogP contribution in [-0.4, -0.2) is 78.0 Å². The molecule has 1 aliphatic heterocycles. The molecule has 4 aromatic heterocycles. The molecule has 1 amide bonds. The van der Waals surface area contributed by atoms with Crippen molar-refractivity contribution >= 4 is 34.8 Å². The molecule has 2 atom stereocenters. The largest absolute Gasteiger partial charge is 0.387 e. The maximum absolute atomic E-state index is 14.3. The number of nitrogens with one attached hydrogen (secondary N) is 2. The summed E-state index contributed by atoms with van der Waals surface area (Å²) in [5.41, 5.74) is 0.727. The van der Waals surface area contributed by atoms with Crippen molar-refractivity contribution in [1.29, 1.82) is 0 Å². The van der Waals surface area contributed by atoms with Gasteiger partial charge >= 0.3 is 0 Å². The summed E-state index contributed by atoms with van der Waals surface area (Å²) in [6, 6.07) is 1.61. The number of carbonyl (C=O) groups excluding carboxylic acids is 1. The van der Waals surface area contributed by atoms with E-state index in [-0.39, 0.29) is 18.2 Å². The van der Waals surface area contributed by atoms with Crippen molar-refractivity contribution < 1.29 is 18.7 Å². The number of hydrogen-bond acceptors (Lipinski definition) is 9. The fourth-order valence-corrected chi connectivity index (χ4v) is 4.35. The maximum atomic E-state index is 14.3. The number of amides is 1. The molecule has 14 heteroatoms. The maximum Gasteiger partial charge on any atom is 0.255 e. The number of hydrogen-bond donors (Lipinski definition) is 3. The van der Waals surface area contributed by atoms with E-state index in [4.69, 9.17) is 11.6 Å². The number of pyridine rings is 1. The molecule has 0 bridgehead atoms. The van der Waals surface area contributed by atoms with Crippen molar-refractivity contribution in [2.75, 3.05) is 29.9 Å². The van der Waals surface area contributed by atoms with Gasteiger partial charge in [-0.25, -0.2) is 28.2 Å². The van der Waals surface area contributed by atoms with E-state index in [1.54, 1.807) is 18.5 Å². The lowest BCUT2D eigenvalue weighted by atomic mass is 10.0. The van der Waals surface area contributed by atoms with Crippen LogP contribution in [0.4, 0.5) is 20.4 Å². The number of aromatic nitrogens is 6. The Morgan fingerprint density at radius 1 is 1.21 bits per heavy atom. The Kier molecular flexibility index (Phi) is 7.28. The monoisotopic (exact) mass is 557 g/mol. The third-order valence-corrected chi connectivity index (χ3v) is 6.59. The zero-order valence-electron chi connectivity index (χ0n) is 21.1. The normalized spacial score (nSPS) is 16.5. The Labute approximate surface area is 227 Å². The Morgan fingerprint density at radius 2 is 1.97 bits per heavy atom. The van der Waals surface area contributed by atoms with E-state index < -0.39 is 23.5 Å². The number of carbonyl (C=O) groups is 1. The van der Waals surface area contributed by atoms with Crippen LogP contribution in [0.1, 0.15) is 30.6 Å². The molecule has 5 rings (SSSR count). The van der Waals surface area contributed by atoms with Crippen LogP contribution in [0, 0.1) is 5.82 Å². The predicted octanol–water partition coefficient (Wildman–Crippen LogP) is 2.90. The van der Waals surface area contributed by atoms with Crippen molar-refractivity contribution in [1.82, 2.24) is 34.9 Å². The fourth-order valence-electron chi connectivity index (χ4n) is 4.21. The summed E-state index contributed by atoms with van der Waals surface area (Å²) >= 11 is 6.03. The van der Waals surface area contributed by atoms with E-state index in [0.29, 0.717) is 53.1 Å². The summed E-state index contributed by atoms with van der Waals surface area (Å²) < 4.78 is 29.1. The van der Waals surface area contributed by atoms with Crippen LogP contribution in [0.15, 0.2) is 43.2 Å². The van der Waals surface area contributed by atoms with E-state index in [1.165, 1.54) is 30.8 Å². The van der Waals surface area contributed by atoms with Gasteiger partial charge in [-0.1, -0.05) is 11.6 Å². The predicted molar refractivity (Wildman–Crippen MR) is 141 cm³/mol. The van der Waals surface area contributed by atoms with Crippen LogP contribution in [0.2, 0.25) is 5.02 Å². The average Bonchev–Trinajstić information content (AvgIpc) is 3.54. The molecule has 1 fully saturated rings. The van der Waals surface area contributed by atoms with E-state index in [0.717, 1.165) is 12.4 Å². The van der Waals surface area contributed by atoms with E-state index in [2.05, 4.69) is 35.7 Å². The number of nitrogens with zero attached hydrogens (tertiary/aromatic N) is 7. The Bertz CT molecular complexity index is 1490. The van der Waals surface area contributed by atoms with Gasteiger partial charge in [-0.3, -0.25) is 9.78 Å². The lowest BCUT2D eigenvalue weighted by Gasteiger charge is -2.23. The molecule has 204 valence electrons. The molecule has 3 N–H and O–H groups in total. The highest BCUT2D eigenvalue weighted by atomic mass is 35.5. The molecule has 0 aliphatic carbocycles. The quantitative estimate of drug-likeness (QED) is 0.299. The lowest BCUT2D eigenvalue weighted by molar-refractivity contribution is -0.00177. The summed E-state index contributed by atoms with van der Waals surface area (Å²) in [5.74, 6) is -0.659. The molecule has 0 saturated carbocycles. The third-order valence-electron chi connectivity index (χ3n) is 6.40. The second-order valence-corrected chi connectivity index (χ2v) is 10.3. The van der Waals surface area contributed by atoms with Crippen molar-refractivity contribution in [3.63, 3.8) is 0 Å². The topological polar surface area (TPSA) is 133 Å². The van der Waals surface area contributed by atoms with Crippen molar-refractivity contribution in [3.05, 3.63) is 59.7 Å². The van der Waals surface area contributed by atoms with Crippen LogP contribution in [-0.2, 0) is 0 Å². The molecular weight excluding hydrogens is 532 g/mol. The molecule has 0 radical (unpaired) electrons. The molecule has 1 unspecified atom stereocenters. The third kappa shape index (κ3) is 5.88. The number of aliphatic hydroxyl groups is 1. The van der Waals surface area contributed by atoms with Crippen molar-refractivity contribution in [2.24, 2.45) is 0 Å². The highest BCUT2D eigenvalue weighted by Gasteiger charge is 2.29. The van der Waals surface area contributed by atoms with Crippen LogP contribution >= 0.6 is 11.6 Å². The second-order valence-electron chi connectivity index (χ2n) is 9.82. The van der Waals surface area contributed by atoms with Gasteiger partial charge in [-0.15, -0.1) is 0 Å². The summed E-state index contributed by atoms with van der Waals surface area (Å²) in [7, 11) is 0. The fraction of sp³-hybridized carbons (Fsp3) is 0.360. The molecular formula is C25H26ClF2N9O2. The molecule has 4 aromatic rings. The molecule has 1 aliphatic rings. The standard InChI is InChI=1S/C25H26ClF2N9O2/c1-25(2,39)21(28)11-31-23(38)18-9-29-19(17-10-34-37-12-14(26)6-30-22(17)37)5-20(18)35-16-3-4-36(13-16)24-32-7-15(27)8-33-24/h5-10,12,16,21,39H,3-4,11,13H2,1-2H3,(H,29,35)(H,31,38)/t16-,21?/m1/s1. The van der Waals surface area contributed by atoms with Gasteiger partial charge in [-0.05, 0) is 26.3 Å². The van der Waals surface area contributed by atoms with Gasteiger partial charge in [-0.2, -0.15) is 5.10 Å². The van der Waals surface area contributed by atoms with Gasteiger partial charge in [0.05, 0.1) is 64.5 Å². The Hall–Kier alpha value is -3.97. The van der Waals surface area contributed by atoms with Crippen LogP contribution < -0.4 is 15.5 Å². The van der Waals surface area contributed by atoms with Gasteiger partial charge in [0, 0.05) is 31.5 Å². The first-order valence-corrected chi connectivity index (χ1v) is 12.6. The highest BCUT2D eigenvalue weighted by Crippen LogP contribution is 2.28. The molecule has 39 heavy (non-hydrogen) atoms. The second kappa shape index (κ2) is 10.7. The minimum absolute atomic E-state index is 0.105. The average molecular weight is 558 g/mol. The summed E-state index contributed by atoms with van der Waals surface area (Å²) in [6.07, 6.45) is 7.39. The molecule has 11 nitrogen and oxygen atoms in total. The molecule has 5 heterocycles. The van der Waals surface area contributed by atoms with Crippen molar-refractivity contribution in [2.45, 2.75) is 38.1 Å². The smallest absolute Gasteiger partial charge is 0.255 e. The van der Waals surface area contributed by atoms with Crippen LogP contribution in [0.25, 0.3) is 16.9 Å². The summed E-state index contributed by atoms with van der Waals surface area (Å²) in [6.45, 7) is 3.42. The first kappa shape index (κ1) is 26.6. The minimum atomic E-state index is -1.67. The van der Waals surface area contributed by atoms with Gasteiger partial charge < -0.3 is 20.6 Å². The van der Waals surface area contributed by atoms with E-state index in [1.807, 2.05) is 4.90 Å². The highest BCUT2D eigenvalue weighted by molar-refractivity contribution is 6.30. The molecule has 0 spiro atoms. The SMILES string of the molecule is CC(C)(O)C(F)CNC(=O)c1cnc(-c2cnn3cc(Cl)cnc23)cc1N[C@@H]1CCN(c2ncc(F)cn2)C1. The van der Waals surface area contributed by atoms with Gasteiger partial charge in [0.1, 0.15) is 6.17 Å². The minimum Gasteiger partial charge on any atom is -0.387 e. The summed E-state index contributed by atoms with van der Waals surface area (Å²) in [4.78, 5) is 31.9. The van der Waals surface area contributed by atoms with Crippen LogP contribution in [0.3, 0.4) is 0 Å². The Balaban J connectivity index is 1.42. The number of alkyl halides is 1. The number of fused-ring (bicyclic) bond motifs is 1. The molecule has 1 saturated heterocycles. The van der Waals surface area contributed by atoms with Gasteiger partial charge in [0.2, 0.25) is 5.95 Å². The van der Waals surface area contributed by atoms with E-state index in [9.17, 15) is 18.7 Å². The van der Waals surface area contributed by atoms with E-state index >= 15 is 0 Å². The number of anilines is 2. The first-order chi connectivity index (χ1) is 18.6. The number of halogens is 3. The lowest BCUT2D eigenvalue weighted by Crippen LogP contribution is -2.42. The first-order valence-electron chi connectivity index (χ1n) is 12.2. The Morgan fingerprint density at radius 3 is 2.72 bits per heavy atom. The van der Waals surface area contributed by atoms with Crippen molar-refractivity contribution in [3.8, 4) is 11.3 Å². The zero-order valence-corrected chi connectivity index (χ0v) is 21.9. The van der Waals surface area contributed by atoms with Gasteiger partial charge in [0.15, 0.2) is 11.5 Å². The zero-order chi connectivity index (χ0) is 27.7. The number of rotatable bonds is 8. The van der Waals surface area contributed by atoms with Gasteiger partial charge in [0.25, 0.3) is 5.91 Å².